The third-order valence-electron chi connectivity index (χ3n) is 2.60. The fraction of sp³-hybridized carbons (Fsp3) is 0.636. The van der Waals surface area contributed by atoms with Crippen molar-refractivity contribution in [3.8, 4) is 0 Å². The molecule has 0 spiro atoms. The number of aryl methyl sites for hydroxylation is 1. The normalized spacial score (nSPS) is 11.6. The van der Waals surface area contributed by atoms with Gasteiger partial charge in [0, 0.05) is 26.2 Å². The first-order valence-corrected chi connectivity index (χ1v) is 7.60. The molecule has 2 N–H and O–H groups in total. The maximum absolute atomic E-state index is 11.8. The van der Waals surface area contributed by atoms with E-state index in [1.54, 1.807) is 7.05 Å². The Kier molecular flexibility index (Phi) is 5.97. The number of aromatic nitrogens is 2. The van der Waals surface area contributed by atoms with Gasteiger partial charge in [-0.25, -0.2) is 13.1 Å². The summed E-state index contributed by atoms with van der Waals surface area (Å²) >= 11 is 0. The maximum atomic E-state index is 11.8. The molecule has 0 radical (unpaired) electrons. The number of carboxylic acid groups (broad SMARTS) is 1. The zero-order valence-electron chi connectivity index (χ0n) is 10.9. The molecule has 0 aromatic carbocycles. The minimum absolute atomic E-state index is 0.154. The van der Waals surface area contributed by atoms with Crippen molar-refractivity contribution in [3.05, 3.63) is 12.4 Å². The van der Waals surface area contributed by atoms with E-state index in [1.807, 2.05) is 0 Å². The standard InChI is InChI=1S/C11H19N3O4S/c1-14-9-10(8-12-14)19(17,18)13-7-5-3-2-4-6-11(15)16/h8-9,13H,2-7H2,1H3,(H,15,16). The highest BCUT2D eigenvalue weighted by molar-refractivity contribution is 7.89. The Hall–Kier alpha value is -1.41. The molecule has 0 amide bonds. The van der Waals surface area contributed by atoms with E-state index in [-0.39, 0.29) is 11.3 Å². The van der Waals surface area contributed by atoms with Crippen LogP contribution in [0.5, 0.6) is 0 Å². The van der Waals surface area contributed by atoms with Gasteiger partial charge < -0.3 is 5.11 Å². The van der Waals surface area contributed by atoms with Gasteiger partial charge in [0.05, 0.1) is 6.20 Å². The smallest absolute Gasteiger partial charge is 0.303 e. The molecule has 1 aromatic rings. The van der Waals surface area contributed by atoms with Crippen LogP contribution in [0.1, 0.15) is 32.1 Å². The molecule has 0 aliphatic carbocycles. The van der Waals surface area contributed by atoms with E-state index in [0.29, 0.717) is 19.4 Å². The van der Waals surface area contributed by atoms with E-state index in [9.17, 15) is 13.2 Å². The highest BCUT2D eigenvalue weighted by Gasteiger charge is 2.14. The first-order chi connectivity index (χ1) is 8.92. The molecule has 1 heterocycles. The Morgan fingerprint density at radius 2 is 2.05 bits per heavy atom. The molecule has 0 aliphatic heterocycles. The van der Waals surface area contributed by atoms with Gasteiger partial charge in [0.25, 0.3) is 0 Å². The number of sulfonamides is 1. The van der Waals surface area contributed by atoms with Gasteiger partial charge in [-0.05, 0) is 12.8 Å². The zero-order valence-corrected chi connectivity index (χ0v) is 11.7. The second kappa shape index (κ2) is 7.25. The topological polar surface area (TPSA) is 101 Å². The molecule has 1 rings (SSSR count). The third kappa shape index (κ3) is 5.84. The second-order valence-electron chi connectivity index (χ2n) is 4.31. The molecular formula is C11H19N3O4S. The molecule has 8 heteroatoms. The van der Waals surface area contributed by atoms with Crippen molar-refractivity contribution in [2.24, 2.45) is 7.05 Å². The van der Waals surface area contributed by atoms with Crippen LogP contribution >= 0.6 is 0 Å². The van der Waals surface area contributed by atoms with Crippen molar-refractivity contribution >= 4 is 16.0 Å². The number of hydrogen-bond acceptors (Lipinski definition) is 4. The molecule has 0 bridgehead atoms. The molecule has 19 heavy (non-hydrogen) atoms. The summed E-state index contributed by atoms with van der Waals surface area (Å²) in [5.41, 5.74) is 0. The third-order valence-corrected chi connectivity index (χ3v) is 4.02. The summed E-state index contributed by atoms with van der Waals surface area (Å²) in [6, 6.07) is 0. The van der Waals surface area contributed by atoms with E-state index in [2.05, 4.69) is 9.82 Å². The van der Waals surface area contributed by atoms with E-state index in [0.717, 1.165) is 12.8 Å². The van der Waals surface area contributed by atoms with Crippen LogP contribution in [0.15, 0.2) is 17.3 Å². The molecule has 0 unspecified atom stereocenters. The molecule has 1 aromatic heterocycles. The van der Waals surface area contributed by atoms with Crippen molar-refractivity contribution in [3.63, 3.8) is 0 Å². The number of carbonyl (C=O) groups is 1. The van der Waals surface area contributed by atoms with Crippen molar-refractivity contribution in [2.75, 3.05) is 6.54 Å². The van der Waals surface area contributed by atoms with Crippen LogP contribution in [0.4, 0.5) is 0 Å². The molecule has 108 valence electrons. The van der Waals surface area contributed by atoms with Crippen LogP contribution in [-0.4, -0.2) is 35.8 Å². The summed E-state index contributed by atoms with van der Waals surface area (Å²) in [5, 5.41) is 12.3. The molecule has 7 nitrogen and oxygen atoms in total. The Morgan fingerprint density at radius 3 is 2.63 bits per heavy atom. The highest BCUT2D eigenvalue weighted by atomic mass is 32.2. The number of aliphatic carboxylic acids is 1. The lowest BCUT2D eigenvalue weighted by Gasteiger charge is -2.04. The minimum atomic E-state index is -3.47. The van der Waals surface area contributed by atoms with Crippen molar-refractivity contribution < 1.29 is 18.3 Å². The molecule has 0 fully saturated rings. The largest absolute Gasteiger partial charge is 0.481 e. The average Bonchev–Trinajstić information content (AvgIpc) is 2.75. The zero-order chi connectivity index (χ0) is 14.3. The Balaban J connectivity index is 2.20. The van der Waals surface area contributed by atoms with E-state index in [4.69, 9.17) is 5.11 Å². The average molecular weight is 289 g/mol. The highest BCUT2D eigenvalue weighted by Crippen LogP contribution is 2.07. The van der Waals surface area contributed by atoms with Crippen LogP contribution < -0.4 is 4.72 Å². The predicted molar refractivity (Wildman–Crippen MR) is 69.1 cm³/mol. The Morgan fingerprint density at radius 1 is 1.37 bits per heavy atom. The van der Waals surface area contributed by atoms with Crippen LogP contribution in [0, 0.1) is 0 Å². The summed E-state index contributed by atoms with van der Waals surface area (Å²) in [7, 11) is -1.82. The SMILES string of the molecule is Cn1cc(S(=O)(=O)NCCCCCCC(=O)O)cn1. The minimum Gasteiger partial charge on any atom is -0.481 e. The van der Waals surface area contributed by atoms with Gasteiger partial charge in [0.2, 0.25) is 10.0 Å². The van der Waals surface area contributed by atoms with Gasteiger partial charge in [-0.2, -0.15) is 5.10 Å². The van der Waals surface area contributed by atoms with Gasteiger partial charge in [-0.1, -0.05) is 12.8 Å². The van der Waals surface area contributed by atoms with E-state index < -0.39 is 16.0 Å². The summed E-state index contributed by atoms with van der Waals surface area (Å²) in [6.45, 7) is 0.351. The maximum Gasteiger partial charge on any atom is 0.303 e. The van der Waals surface area contributed by atoms with Gasteiger partial charge >= 0.3 is 5.97 Å². The predicted octanol–water partition coefficient (Wildman–Crippen LogP) is 0.733. The van der Waals surface area contributed by atoms with Gasteiger partial charge in [-0.15, -0.1) is 0 Å². The number of unbranched alkanes of at least 4 members (excludes halogenated alkanes) is 3. The van der Waals surface area contributed by atoms with Crippen LogP contribution in [0.2, 0.25) is 0 Å². The number of rotatable bonds is 9. The summed E-state index contributed by atoms with van der Waals surface area (Å²) in [6.07, 6.45) is 5.83. The van der Waals surface area contributed by atoms with Crippen molar-refractivity contribution in [2.45, 2.75) is 37.0 Å². The summed E-state index contributed by atoms with van der Waals surface area (Å²) in [5.74, 6) is -0.794. The van der Waals surface area contributed by atoms with E-state index >= 15 is 0 Å². The molecule has 0 atom stereocenters. The lowest BCUT2D eigenvalue weighted by molar-refractivity contribution is -0.137. The van der Waals surface area contributed by atoms with Gasteiger partial charge in [0.1, 0.15) is 4.90 Å². The molecular weight excluding hydrogens is 270 g/mol. The number of nitrogens with one attached hydrogen (secondary N) is 1. The fourth-order valence-electron chi connectivity index (χ4n) is 1.58. The van der Waals surface area contributed by atoms with Crippen LogP contribution in [0.25, 0.3) is 0 Å². The lowest BCUT2D eigenvalue weighted by Crippen LogP contribution is -2.24. The molecule has 0 saturated heterocycles. The number of nitrogens with zero attached hydrogens (tertiary/aromatic N) is 2. The number of hydrogen-bond donors (Lipinski definition) is 2. The Bertz CT molecular complexity index is 510. The first kappa shape index (κ1) is 15.6. The molecule has 0 aliphatic rings. The van der Waals surface area contributed by atoms with Crippen molar-refractivity contribution in [1.29, 1.82) is 0 Å². The van der Waals surface area contributed by atoms with Crippen molar-refractivity contribution in [1.82, 2.24) is 14.5 Å². The van der Waals surface area contributed by atoms with Gasteiger partial charge in [-0.3, -0.25) is 9.48 Å². The first-order valence-electron chi connectivity index (χ1n) is 6.12. The van der Waals surface area contributed by atoms with Gasteiger partial charge in [0.15, 0.2) is 0 Å². The quantitative estimate of drug-likeness (QED) is 0.653. The molecule has 0 saturated carbocycles. The number of carboxylic acids is 1. The summed E-state index contributed by atoms with van der Waals surface area (Å²) in [4.78, 5) is 10.4. The Labute approximate surface area is 112 Å². The monoisotopic (exact) mass is 289 g/mol. The van der Waals surface area contributed by atoms with Crippen LogP contribution in [0.3, 0.4) is 0 Å². The lowest BCUT2D eigenvalue weighted by atomic mass is 10.1. The van der Waals surface area contributed by atoms with E-state index in [1.165, 1.54) is 17.1 Å². The summed E-state index contributed by atoms with van der Waals surface area (Å²) < 4.78 is 27.5. The van der Waals surface area contributed by atoms with Crippen LogP contribution in [-0.2, 0) is 21.9 Å². The fourth-order valence-corrected chi connectivity index (χ4v) is 2.64. The second-order valence-corrected chi connectivity index (χ2v) is 6.07.